The summed E-state index contributed by atoms with van der Waals surface area (Å²) in [6, 6.07) is 5.82. The predicted octanol–water partition coefficient (Wildman–Crippen LogP) is 1.86. The molecule has 0 saturated heterocycles. The number of nitrogens with zero attached hydrogens (tertiary/aromatic N) is 1. The summed E-state index contributed by atoms with van der Waals surface area (Å²) in [7, 11) is 2.48. The van der Waals surface area contributed by atoms with E-state index in [-0.39, 0.29) is 30.7 Å². The number of hydrogen-bond donors (Lipinski definition) is 0. The van der Waals surface area contributed by atoms with Crippen molar-refractivity contribution in [3.8, 4) is 5.75 Å². The van der Waals surface area contributed by atoms with Crippen LogP contribution in [-0.2, 0) is 19.1 Å². The number of ether oxygens (including phenoxy) is 3. The van der Waals surface area contributed by atoms with Gasteiger partial charge >= 0.3 is 17.6 Å². The van der Waals surface area contributed by atoms with E-state index >= 15 is 0 Å². The van der Waals surface area contributed by atoms with E-state index in [0.717, 1.165) is 0 Å². The van der Waals surface area contributed by atoms with Crippen LogP contribution in [0, 0.1) is 10.1 Å². The van der Waals surface area contributed by atoms with Gasteiger partial charge in [-0.1, -0.05) is 12.1 Å². The fourth-order valence-electron chi connectivity index (χ4n) is 1.74. The Kier molecular flexibility index (Phi) is 6.81. The first-order valence-corrected chi connectivity index (χ1v) is 6.51. The molecule has 0 fully saturated rings. The zero-order valence-corrected chi connectivity index (χ0v) is 12.3. The highest BCUT2D eigenvalue weighted by Gasteiger charge is 2.22. The molecule has 8 heteroatoms. The van der Waals surface area contributed by atoms with Gasteiger partial charge < -0.3 is 14.2 Å². The smallest absolute Gasteiger partial charge is 0.310 e. The topological polar surface area (TPSA) is 105 Å². The maximum absolute atomic E-state index is 11.4. The summed E-state index contributed by atoms with van der Waals surface area (Å²) >= 11 is 0. The number of esters is 2. The van der Waals surface area contributed by atoms with Crippen LogP contribution in [-0.4, -0.2) is 37.2 Å². The lowest BCUT2D eigenvalue weighted by Crippen LogP contribution is -2.23. The minimum Gasteiger partial charge on any atom is -0.483 e. The Morgan fingerprint density at radius 3 is 2.41 bits per heavy atom. The van der Waals surface area contributed by atoms with Gasteiger partial charge in [0.05, 0.1) is 25.6 Å². The SMILES string of the molecule is COC(=O)CCC(CC(=O)OC)Oc1ccccc1[N+](=O)[O-]. The van der Waals surface area contributed by atoms with Gasteiger partial charge in [0.2, 0.25) is 0 Å². The van der Waals surface area contributed by atoms with E-state index in [1.54, 1.807) is 6.07 Å². The number of nitro groups is 1. The second kappa shape index (κ2) is 8.60. The van der Waals surface area contributed by atoms with E-state index in [1.807, 2.05) is 0 Å². The summed E-state index contributed by atoms with van der Waals surface area (Å²) in [6.45, 7) is 0. The normalized spacial score (nSPS) is 11.4. The molecule has 0 aromatic heterocycles. The zero-order valence-electron chi connectivity index (χ0n) is 12.3. The molecule has 1 rings (SSSR count). The van der Waals surface area contributed by atoms with E-state index in [1.165, 1.54) is 32.4 Å². The minimum atomic E-state index is -0.729. The molecule has 1 unspecified atom stereocenters. The third-order valence-electron chi connectivity index (χ3n) is 2.88. The summed E-state index contributed by atoms with van der Waals surface area (Å²) in [5.74, 6) is -0.958. The Hall–Kier alpha value is -2.64. The highest BCUT2D eigenvalue weighted by atomic mass is 16.6. The van der Waals surface area contributed by atoms with Gasteiger partial charge in [-0.3, -0.25) is 19.7 Å². The van der Waals surface area contributed by atoms with Crippen molar-refractivity contribution in [2.24, 2.45) is 0 Å². The average molecular weight is 311 g/mol. The van der Waals surface area contributed by atoms with Crippen molar-refractivity contribution in [3.63, 3.8) is 0 Å². The third-order valence-corrected chi connectivity index (χ3v) is 2.88. The third kappa shape index (κ3) is 5.39. The molecule has 1 atom stereocenters. The fourth-order valence-corrected chi connectivity index (χ4v) is 1.74. The lowest BCUT2D eigenvalue weighted by molar-refractivity contribution is -0.386. The zero-order chi connectivity index (χ0) is 16.5. The van der Waals surface area contributed by atoms with Gasteiger partial charge in [-0.15, -0.1) is 0 Å². The van der Waals surface area contributed by atoms with Crippen LogP contribution >= 0.6 is 0 Å². The molecule has 22 heavy (non-hydrogen) atoms. The Morgan fingerprint density at radius 2 is 1.82 bits per heavy atom. The van der Waals surface area contributed by atoms with Gasteiger partial charge in [-0.05, 0) is 12.5 Å². The van der Waals surface area contributed by atoms with Crippen molar-refractivity contribution in [1.29, 1.82) is 0 Å². The number of nitro benzene ring substituents is 1. The van der Waals surface area contributed by atoms with Crippen molar-refractivity contribution >= 4 is 17.6 Å². The lowest BCUT2D eigenvalue weighted by Gasteiger charge is -2.17. The molecule has 0 N–H and O–H groups in total. The number of rotatable bonds is 8. The first kappa shape index (κ1) is 17.4. The summed E-state index contributed by atoms with van der Waals surface area (Å²) in [5.41, 5.74) is -0.213. The molecule has 1 aromatic rings. The van der Waals surface area contributed by atoms with Crippen molar-refractivity contribution in [1.82, 2.24) is 0 Å². The van der Waals surface area contributed by atoms with Gasteiger partial charge in [-0.25, -0.2) is 0 Å². The molecule has 120 valence electrons. The monoisotopic (exact) mass is 311 g/mol. The van der Waals surface area contributed by atoms with Crippen molar-refractivity contribution in [2.45, 2.75) is 25.4 Å². The van der Waals surface area contributed by atoms with Crippen molar-refractivity contribution < 1.29 is 28.7 Å². The molecule has 1 aromatic carbocycles. The minimum absolute atomic E-state index is 0.0266. The number of carbonyl (C=O) groups excluding carboxylic acids is 2. The van der Waals surface area contributed by atoms with Gasteiger partial charge in [0.15, 0.2) is 5.75 Å². The maximum atomic E-state index is 11.4. The van der Waals surface area contributed by atoms with Crippen LogP contribution in [0.5, 0.6) is 5.75 Å². The Balaban J connectivity index is 2.85. The molecule has 0 amide bonds. The first-order chi connectivity index (χ1) is 10.5. The van der Waals surface area contributed by atoms with Crippen LogP contribution in [0.4, 0.5) is 5.69 Å². The standard InChI is InChI=1S/C14H17NO7/c1-20-13(16)8-7-10(9-14(17)21-2)22-12-6-4-3-5-11(12)15(18)19/h3-6,10H,7-9H2,1-2H3. The van der Waals surface area contributed by atoms with Crippen LogP contribution in [0.3, 0.4) is 0 Å². The number of benzene rings is 1. The molecule has 0 aliphatic heterocycles. The molecule has 0 aliphatic rings. The molecule has 0 aliphatic carbocycles. The maximum Gasteiger partial charge on any atom is 0.310 e. The Bertz CT molecular complexity index is 544. The highest BCUT2D eigenvalue weighted by Crippen LogP contribution is 2.28. The second-order valence-corrected chi connectivity index (χ2v) is 4.36. The van der Waals surface area contributed by atoms with Crippen LogP contribution < -0.4 is 4.74 Å². The molecule has 0 radical (unpaired) electrons. The fraction of sp³-hybridized carbons (Fsp3) is 0.429. The molecule has 8 nitrogen and oxygen atoms in total. The quantitative estimate of drug-likeness (QED) is 0.410. The number of carbonyl (C=O) groups is 2. The molecule has 0 saturated carbocycles. The lowest BCUT2D eigenvalue weighted by atomic mass is 10.1. The van der Waals surface area contributed by atoms with E-state index in [2.05, 4.69) is 9.47 Å². The summed E-state index contributed by atoms with van der Waals surface area (Å²) in [6.07, 6.45) is -0.653. The van der Waals surface area contributed by atoms with Crippen LogP contribution in [0.1, 0.15) is 19.3 Å². The highest BCUT2D eigenvalue weighted by molar-refractivity contribution is 5.71. The largest absolute Gasteiger partial charge is 0.483 e. The Labute approximate surface area is 127 Å². The van der Waals surface area contributed by atoms with Crippen LogP contribution in [0.25, 0.3) is 0 Å². The molecular weight excluding hydrogens is 294 g/mol. The van der Waals surface area contributed by atoms with Crippen LogP contribution in [0.15, 0.2) is 24.3 Å². The van der Waals surface area contributed by atoms with E-state index in [9.17, 15) is 19.7 Å². The molecule has 0 spiro atoms. The average Bonchev–Trinajstić information content (AvgIpc) is 2.52. The van der Waals surface area contributed by atoms with Crippen LogP contribution in [0.2, 0.25) is 0 Å². The van der Waals surface area contributed by atoms with Gasteiger partial charge in [0.25, 0.3) is 0 Å². The van der Waals surface area contributed by atoms with E-state index in [0.29, 0.717) is 0 Å². The van der Waals surface area contributed by atoms with Gasteiger partial charge in [-0.2, -0.15) is 0 Å². The number of methoxy groups -OCH3 is 2. The van der Waals surface area contributed by atoms with Crippen molar-refractivity contribution in [3.05, 3.63) is 34.4 Å². The molecular formula is C14H17NO7. The number of para-hydroxylation sites is 2. The second-order valence-electron chi connectivity index (χ2n) is 4.36. The predicted molar refractivity (Wildman–Crippen MR) is 75.4 cm³/mol. The summed E-state index contributed by atoms with van der Waals surface area (Å²) in [4.78, 5) is 33.0. The summed E-state index contributed by atoms with van der Waals surface area (Å²) in [5, 5.41) is 11.0. The Morgan fingerprint density at radius 1 is 1.18 bits per heavy atom. The number of hydrogen-bond acceptors (Lipinski definition) is 7. The molecule has 0 bridgehead atoms. The van der Waals surface area contributed by atoms with Crippen molar-refractivity contribution in [2.75, 3.05) is 14.2 Å². The van der Waals surface area contributed by atoms with Gasteiger partial charge in [0.1, 0.15) is 6.10 Å². The van der Waals surface area contributed by atoms with Gasteiger partial charge in [0, 0.05) is 12.5 Å². The van der Waals surface area contributed by atoms with E-state index < -0.39 is 23.0 Å². The van der Waals surface area contributed by atoms with E-state index in [4.69, 9.17) is 4.74 Å². The molecule has 0 heterocycles. The first-order valence-electron chi connectivity index (χ1n) is 6.51. The summed E-state index contributed by atoms with van der Waals surface area (Å²) < 4.78 is 14.6.